The minimum absolute atomic E-state index is 0.000273. The lowest BCUT2D eigenvalue weighted by molar-refractivity contribution is -0.0501. The quantitative estimate of drug-likeness (QED) is 0.234. The molecular weight excluding hydrogens is 546 g/mol. The number of carbonyl (C=O) groups excluding carboxylic acids is 1. The summed E-state index contributed by atoms with van der Waals surface area (Å²) in [5.74, 6) is 1.15. The molecule has 0 aliphatic carbocycles. The maximum Gasteiger partial charge on any atom is 0.387 e. The van der Waals surface area contributed by atoms with Gasteiger partial charge in [-0.3, -0.25) is 9.69 Å². The summed E-state index contributed by atoms with van der Waals surface area (Å²) in [6, 6.07) is 14.9. The minimum Gasteiger partial charge on any atom is -0.434 e. The third-order valence-corrected chi connectivity index (χ3v) is 6.64. The predicted octanol–water partition coefficient (Wildman–Crippen LogP) is 4.62. The lowest BCUT2D eigenvalue weighted by atomic mass is 10.1. The number of ether oxygens (including phenoxy) is 2. The fourth-order valence-corrected chi connectivity index (χ4v) is 4.51. The molecule has 5 rings (SSSR count). The second kappa shape index (κ2) is 13.4. The fourth-order valence-electron chi connectivity index (χ4n) is 4.51. The second-order valence-corrected chi connectivity index (χ2v) is 9.71. The molecule has 0 radical (unpaired) electrons. The molecule has 42 heavy (non-hydrogen) atoms. The molecule has 2 aromatic heterocycles. The topological polar surface area (TPSA) is 118 Å². The van der Waals surface area contributed by atoms with Gasteiger partial charge in [-0.15, -0.1) is 0 Å². The zero-order valence-electron chi connectivity index (χ0n) is 23.3. The van der Waals surface area contributed by atoms with Crippen LogP contribution in [0, 0.1) is 13.8 Å². The number of morpholine rings is 1. The van der Waals surface area contributed by atoms with Crippen molar-refractivity contribution < 1.29 is 23.0 Å². The number of hydrogen-bond donors (Lipinski definition) is 3. The third-order valence-electron chi connectivity index (χ3n) is 6.64. The molecule has 1 fully saturated rings. The van der Waals surface area contributed by atoms with Gasteiger partial charge in [0, 0.05) is 49.7 Å². The minimum atomic E-state index is -3.04. The maximum atomic E-state index is 12.9. The van der Waals surface area contributed by atoms with Crippen molar-refractivity contribution in [3.63, 3.8) is 0 Å². The Hall–Kier alpha value is -4.62. The van der Waals surface area contributed by atoms with Crippen LogP contribution in [0.25, 0.3) is 5.82 Å². The Kier molecular flexibility index (Phi) is 9.19. The van der Waals surface area contributed by atoms with Crippen LogP contribution in [-0.4, -0.2) is 76.6 Å². The summed E-state index contributed by atoms with van der Waals surface area (Å²) in [6.07, 6.45) is 1.49. The Labute approximate surface area is 241 Å². The van der Waals surface area contributed by atoms with Crippen molar-refractivity contribution in [3.8, 4) is 11.6 Å². The molecule has 0 saturated carbocycles. The zero-order valence-corrected chi connectivity index (χ0v) is 23.3. The van der Waals surface area contributed by atoms with Gasteiger partial charge in [0.15, 0.2) is 5.82 Å². The third kappa shape index (κ3) is 7.36. The number of benzene rings is 2. The summed E-state index contributed by atoms with van der Waals surface area (Å²) in [5, 5.41) is 14.1. The van der Waals surface area contributed by atoms with Crippen molar-refractivity contribution in [2.45, 2.75) is 20.5 Å². The zero-order chi connectivity index (χ0) is 29.5. The van der Waals surface area contributed by atoms with Crippen LogP contribution in [0.4, 0.5) is 31.8 Å². The molecule has 1 aliphatic heterocycles. The van der Waals surface area contributed by atoms with Crippen LogP contribution in [0.1, 0.15) is 21.6 Å². The van der Waals surface area contributed by atoms with Crippen molar-refractivity contribution in [1.29, 1.82) is 0 Å². The van der Waals surface area contributed by atoms with E-state index in [1.807, 2.05) is 32.0 Å². The number of alkyl halides is 2. The Morgan fingerprint density at radius 2 is 1.88 bits per heavy atom. The number of amides is 1. The fraction of sp³-hybridized carbons (Fsp3) is 0.310. The van der Waals surface area contributed by atoms with Crippen LogP contribution in [0.5, 0.6) is 5.75 Å². The smallest absolute Gasteiger partial charge is 0.387 e. The monoisotopic (exact) mass is 578 g/mol. The highest BCUT2D eigenvalue weighted by Gasteiger charge is 2.17. The van der Waals surface area contributed by atoms with Crippen molar-refractivity contribution in [3.05, 3.63) is 77.7 Å². The van der Waals surface area contributed by atoms with Crippen LogP contribution in [-0.2, 0) is 4.74 Å². The Morgan fingerprint density at radius 3 is 2.69 bits per heavy atom. The van der Waals surface area contributed by atoms with Gasteiger partial charge in [-0.05, 0) is 43.7 Å². The van der Waals surface area contributed by atoms with Crippen molar-refractivity contribution >= 4 is 28.9 Å². The van der Waals surface area contributed by atoms with Gasteiger partial charge in [-0.2, -0.15) is 18.6 Å². The Morgan fingerprint density at radius 1 is 1.07 bits per heavy atom. The lowest BCUT2D eigenvalue weighted by Crippen LogP contribution is -2.39. The van der Waals surface area contributed by atoms with E-state index in [0.29, 0.717) is 28.8 Å². The summed E-state index contributed by atoms with van der Waals surface area (Å²) in [6.45, 7) is 5.73. The molecule has 3 N–H and O–H groups in total. The highest BCUT2D eigenvalue weighted by molar-refractivity contribution is 6.06. The average Bonchev–Trinajstić information content (AvgIpc) is 3.35. The van der Waals surface area contributed by atoms with E-state index in [0.717, 1.165) is 50.7 Å². The average molecular weight is 579 g/mol. The highest BCUT2D eigenvalue weighted by atomic mass is 19.3. The largest absolute Gasteiger partial charge is 0.434 e. The first-order chi connectivity index (χ1) is 20.4. The molecule has 11 nitrogen and oxygen atoms in total. The van der Waals surface area contributed by atoms with E-state index in [4.69, 9.17) is 4.74 Å². The van der Waals surface area contributed by atoms with E-state index in [-0.39, 0.29) is 11.3 Å². The van der Waals surface area contributed by atoms with Crippen molar-refractivity contribution in [2.75, 3.05) is 55.3 Å². The van der Waals surface area contributed by atoms with Gasteiger partial charge >= 0.3 is 6.61 Å². The molecule has 220 valence electrons. The molecular formula is C29H32F2N8O3. The second-order valence-electron chi connectivity index (χ2n) is 9.71. The molecule has 2 aromatic carbocycles. The number of nitrogens with zero attached hydrogens (tertiary/aromatic N) is 5. The molecule has 1 saturated heterocycles. The predicted molar refractivity (Wildman–Crippen MR) is 155 cm³/mol. The van der Waals surface area contributed by atoms with Gasteiger partial charge in [0.1, 0.15) is 23.7 Å². The van der Waals surface area contributed by atoms with Gasteiger partial charge in [0.05, 0.1) is 24.5 Å². The first kappa shape index (κ1) is 28.9. The number of carbonyl (C=O) groups is 1. The van der Waals surface area contributed by atoms with Gasteiger partial charge in [-0.1, -0.05) is 18.2 Å². The first-order valence-electron chi connectivity index (χ1n) is 13.5. The van der Waals surface area contributed by atoms with E-state index < -0.39 is 12.5 Å². The molecule has 0 unspecified atom stereocenters. The van der Waals surface area contributed by atoms with Crippen LogP contribution >= 0.6 is 0 Å². The van der Waals surface area contributed by atoms with E-state index in [9.17, 15) is 13.6 Å². The molecule has 0 atom stereocenters. The van der Waals surface area contributed by atoms with E-state index in [1.165, 1.54) is 24.5 Å². The van der Waals surface area contributed by atoms with Crippen molar-refractivity contribution in [2.24, 2.45) is 0 Å². The summed E-state index contributed by atoms with van der Waals surface area (Å²) in [4.78, 5) is 24.0. The summed E-state index contributed by atoms with van der Waals surface area (Å²) in [7, 11) is 0. The number of rotatable bonds is 11. The standard InChI is InChI=1S/C29H32F2N8O3/c1-19-7-8-21(35-28(40)22-5-3-4-6-24(22)42-29(30)31)16-23(19)36-27-15-20(2)37-39(27)26-17-25(33-18-34-26)32-9-10-38-11-13-41-14-12-38/h3-8,15-18,29,36H,9-14H2,1-2H3,(H,35,40)(H,32,33,34). The maximum absolute atomic E-state index is 12.9. The molecule has 1 aliphatic rings. The van der Waals surface area contributed by atoms with Crippen LogP contribution < -0.4 is 20.7 Å². The number of hydrogen-bond acceptors (Lipinski definition) is 9. The number of para-hydroxylation sites is 1. The molecule has 3 heterocycles. The number of aromatic nitrogens is 4. The van der Waals surface area contributed by atoms with Gasteiger partial charge < -0.3 is 25.4 Å². The van der Waals surface area contributed by atoms with Gasteiger partial charge in [0.2, 0.25) is 0 Å². The number of halogens is 2. The number of nitrogens with one attached hydrogen (secondary N) is 3. The van der Waals surface area contributed by atoms with Crippen LogP contribution in [0.15, 0.2) is 60.9 Å². The summed E-state index contributed by atoms with van der Waals surface area (Å²) < 4.78 is 37.2. The number of anilines is 4. The Bertz CT molecular complexity index is 1520. The van der Waals surface area contributed by atoms with E-state index >= 15 is 0 Å². The van der Waals surface area contributed by atoms with Crippen LogP contribution in [0.2, 0.25) is 0 Å². The highest BCUT2D eigenvalue weighted by Crippen LogP contribution is 2.28. The number of aryl methyl sites for hydroxylation is 2. The normalized spacial score (nSPS) is 13.6. The van der Waals surface area contributed by atoms with E-state index in [1.54, 1.807) is 22.9 Å². The van der Waals surface area contributed by atoms with Crippen molar-refractivity contribution in [1.82, 2.24) is 24.6 Å². The SMILES string of the molecule is Cc1cc(Nc2cc(NC(=O)c3ccccc3OC(F)F)ccc2C)n(-c2cc(NCCN3CCOCC3)ncn2)n1. The van der Waals surface area contributed by atoms with Crippen LogP contribution in [0.3, 0.4) is 0 Å². The lowest BCUT2D eigenvalue weighted by Gasteiger charge is -2.26. The molecule has 0 spiro atoms. The van der Waals surface area contributed by atoms with Gasteiger partial charge in [0.25, 0.3) is 5.91 Å². The summed E-state index contributed by atoms with van der Waals surface area (Å²) >= 11 is 0. The summed E-state index contributed by atoms with van der Waals surface area (Å²) in [5.41, 5.74) is 2.86. The van der Waals surface area contributed by atoms with Gasteiger partial charge in [-0.25, -0.2) is 9.97 Å². The molecule has 1 amide bonds. The molecule has 13 heteroatoms. The molecule has 4 aromatic rings. The Balaban J connectivity index is 1.30. The molecule has 0 bridgehead atoms. The first-order valence-corrected chi connectivity index (χ1v) is 13.5. The van der Waals surface area contributed by atoms with E-state index in [2.05, 4.69) is 40.7 Å².